The lowest BCUT2D eigenvalue weighted by Crippen LogP contribution is -2.43. The molecule has 0 aliphatic carbocycles. The molecule has 0 N–H and O–H groups in total. The van der Waals surface area contributed by atoms with Crippen molar-refractivity contribution in [1.29, 1.82) is 0 Å². The van der Waals surface area contributed by atoms with E-state index in [0.29, 0.717) is 65.6 Å². The van der Waals surface area contributed by atoms with Gasteiger partial charge < -0.3 is 23.5 Å². The summed E-state index contributed by atoms with van der Waals surface area (Å²) in [5.74, 6) is 1.58. The summed E-state index contributed by atoms with van der Waals surface area (Å²) in [6.45, 7) is 2.00. The summed E-state index contributed by atoms with van der Waals surface area (Å²) in [4.78, 5) is 32.6. The Labute approximate surface area is 229 Å². The second-order valence-corrected chi connectivity index (χ2v) is 9.12. The molecule has 10 nitrogen and oxygen atoms in total. The molecule has 2 aromatic heterocycles. The van der Waals surface area contributed by atoms with E-state index in [-0.39, 0.29) is 23.9 Å². The zero-order chi connectivity index (χ0) is 27.5. The molecular formula is C30H26N4O6. The molecule has 1 amide bonds. The van der Waals surface area contributed by atoms with Gasteiger partial charge in [-0.15, -0.1) is 0 Å². The minimum atomic E-state index is -0.356. The lowest BCUT2D eigenvalue weighted by molar-refractivity contribution is -0.137. The summed E-state index contributed by atoms with van der Waals surface area (Å²) in [6.07, 6.45) is 1.51. The second-order valence-electron chi connectivity index (χ2n) is 9.12. The minimum absolute atomic E-state index is 0.117. The summed E-state index contributed by atoms with van der Waals surface area (Å²) < 4.78 is 23.9. The monoisotopic (exact) mass is 538 g/mol. The van der Waals surface area contributed by atoms with E-state index in [2.05, 4.69) is 5.10 Å². The molecule has 6 rings (SSSR count). The molecule has 0 unspecified atom stereocenters. The van der Waals surface area contributed by atoms with Crippen molar-refractivity contribution in [2.75, 3.05) is 40.0 Å². The topological polar surface area (TPSA) is 108 Å². The Morgan fingerprint density at radius 1 is 1.00 bits per heavy atom. The molecule has 0 saturated carbocycles. The van der Waals surface area contributed by atoms with Gasteiger partial charge in [0.05, 0.1) is 42.8 Å². The van der Waals surface area contributed by atoms with Crippen molar-refractivity contribution in [3.63, 3.8) is 0 Å². The van der Waals surface area contributed by atoms with Gasteiger partial charge in [0, 0.05) is 18.7 Å². The molecule has 1 aliphatic rings. The molecule has 1 saturated heterocycles. The Morgan fingerprint density at radius 2 is 1.77 bits per heavy atom. The molecule has 40 heavy (non-hydrogen) atoms. The van der Waals surface area contributed by atoms with Crippen LogP contribution < -0.4 is 15.0 Å². The van der Waals surface area contributed by atoms with E-state index < -0.39 is 0 Å². The molecule has 0 bridgehead atoms. The van der Waals surface area contributed by atoms with Crippen molar-refractivity contribution in [2.45, 2.75) is 0 Å². The van der Waals surface area contributed by atoms with Gasteiger partial charge in [0.2, 0.25) is 5.82 Å². The van der Waals surface area contributed by atoms with E-state index in [4.69, 9.17) is 23.6 Å². The van der Waals surface area contributed by atoms with Gasteiger partial charge in [0.25, 0.3) is 11.5 Å². The number of benzene rings is 3. The van der Waals surface area contributed by atoms with Crippen LogP contribution in [0.5, 0.6) is 11.5 Å². The number of nitrogens with zero attached hydrogens (tertiary/aromatic N) is 4. The Balaban J connectivity index is 1.38. The first kappa shape index (κ1) is 25.3. The third-order valence-electron chi connectivity index (χ3n) is 6.66. The lowest BCUT2D eigenvalue weighted by atomic mass is 10.2. The quantitative estimate of drug-likeness (QED) is 0.289. The molecule has 0 atom stereocenters. The number of rotatable bonds is 7. The van der Waals surface area contributed by atoms with Crippen LogP contribution in [-0.2, 0) is 9.53 Å². The molecule has 3 aromatic carbocycles. The highest BCUT2D eigenvalue weighted by Crippen LogP contribution is 2.33. The van der Waals surface area contributed by atoms with Gasteiger partial charge in [0.15, 0.2) is 12.4 Å². The van der Waals surface area contributed by atoms with E-state index >= 15 is 0 Å². The maximum Gasteiger partial charge on any atom is 0.282 e. The molecular weight excluding hydrogens is 512 g/mol. The number of carbonyl (C=O) groups excluding carboxylic acids is 1. The van der Waals surface area contributed by atoms with Gasteiger partial charge in [-0.25, -0.2) is 4.98 Å². The standard InChI is InChI=1S/C30H26N4O6/c1-37-25-11-6-12-26-22(25)17-27(40-26)29-32-23-9-4-3-8-21(23)30(36)34(29)31-18-20-7-2-5-10-24(20)39-19-28(35)33-13-15-38-16-14-33/h2-12,17-18H,13-16,19H2,1H3. The fourth-order valence-corrected chi connectivity index (χ4v) is 4.59. The molecule has 0 radical (unpaired) electrons. The Hall–Kier alpha value is -4.96. The fourth-order valence-electron chi connectivity index (χ4n) is 4.59. The van der Waals surface area contributed by atoms with Gasteiger partial charge >= 0.3 is 0 Å². The first-order chi connectivity index (χ1) is 19.6. The number of morpholine rings is 1. The largest absolute Gasteiger partial charge is 0.496 e. The van der Waals surface area contributed by atoms with Crippen LogP contribution in [0.3, 0.4) is 0 Å². The zero-order valence-electron chi connectivity index (χ0n) is 21.8. The minimum Gasteiger partial charge on any atom is -0.496 e. The van der Waals surface area contributed by atoms with E-state index in [1.54, 1.807) is 48.4 Å². The summed E-state index contributed by atoms with van der Waals surface area (Å²) in [6, 6.07) is 21.5. The van der Waals surface area contributed by atoms with E-state index in [9.17, 15) is 9.59 Å². The number of hydrogen-bond acceptors (Lipinski definition) is 8. The van der Waals surface area contributed by atoms with Crippen molar-refractivity contribution in [3.8, 4) is 23.1 Å². The predicted octanol–water partition coefficient (Wildman–Crippen LogP) is 3.94. The number of carbonyl (C=O) groups is 1. The van der Waals surface area contributed by atoms with Crippen LogP contribution in [-0.4, -0.2) is 66.7 Å². The SMILES string of the molecule is COc1cccc2oc(-c3nc4ccccc4c(=O)n3N=Cc3ccccc3OCC(=O)N3CCOCC3)cc12. The Bertz CT molecular complexity index is 1780. The average Bonchev–Trinajstić information content (AvgIpc) is 3.45. The van der Waals surface area contributed by atoms with Crippen molar-refractivity contribution in [2.24, 2.45) is 5.10 Å². The first-order valence-electron chi connectivity index (χ1n) is 12.8. The number of hydrogen-bond donors (Lipinski definition) is 0. The third-order valence-corrected chi connectivity index (χ3v) is 6.66. The van der Waals surface area contributed by atoms with Gasteiger partial charge in [0.1, 0.15) is 17.1 Å². The maximum atomic E-state index is 13.6. The fraction of sp³-hybridized carbons (Fsp3) is 0.200. The Morgan fingerprint density at radius 3 is 2.62 bits per heavy atom. The molecule has 0 spiro atoms. The summed E-state index contributed by atoms with van der Waals surface area (Å²) in [5.41, 5.74) is 1.35. The second kappa shape index (κ2) is 11.0. The van der Waals surface area contributed by atoms with Crippen molar-refractivity contribution < 1.29 is 23.4 Å². The highest BCUT2D eigenvalue weighted by Gasteiger charge is 2.19. The third kappa shape index (κ3) is 4.92. The normalized spacial score (nSPS) is 13.8. The summed E-state index contributed by atoms with van der Waals surface area (Å²) >= 11 is 0. The number of aromatic nitrogens is 2. The van der Waals surface area contributed by atoms with Crippen LogP contribution in [0.1, 0.15) is 5.56 Å². The van der Waals surface area contributed by atoms with Gasteiger partial charge in [-0.3, -0.25) is 9.59 Å². The number of ether oxygens (including phenoxy) is 3. The number of amides is 1. The summed E-state index contributed by atoms with van der Waals surface area (Å²) in [7, 11) is 1.59. The number of furan rings is 1. The molecule has 3 heterocycles. The van der Waals surface area contributed by atoms with Gasteiger partial charge in [-0.1, -0.05) is 30.3 Å². The maximum absolute atomic E-state index is 13.6. The number of para-hydroxylation sites is 2. The molecule has 5 aromatic rings. The Kier molecular flexibility index (Phi) is 6.98. The van der Waals surface area contributed by atoms with E-state index in [0.717, 1.165) is 5.39 Å². The van der Waals surface area contributed by atoms with E-state index in [1.807, 2.05) is 36.4 Å². The van der Waals surface area contributed by atoms with Crippen LogP contribution in [0.25, 0.3) is 33.5 Å². The average molecular weight is 539 g/mol. The van der Waals surface area contributed by atoms with Gasteiger partial charge in [-0.2, -0.15) is 9.78 Å². The molecule has 1 fully saturated rings. The predicted molar refractivity (Wildman–Crippen MR) is 150 cm³/mol. The van der Waals surface area contributed by atoms with Crippen molar-refractivity contribution in [1.82, 2.24) is 14.6 Å². The van der Waals surface area contributed by atoms with Crippen LogP contribution in [0.4, 0.5) is 0 Å². The molecule has 202 valence electrons. The van der Waals surface area contributed by atoms with Crippen LogP contribution >= 0.6 is 0 Å². The van der Waals surface area contributed by atoms with Crippen molar-refractivity contribution in [3.05, 3.63) is 88.7 Å². The zero-order valence-corrected chi connectivity index (χ0v) is 21.8. The highest BCUT2D eigenvalue weighted by molar-refractivity contribution is 5.89. The number of methoxy groups -OCH3 is 1. The molecule has 1 aliphatic heterocycles. The van der Waals surface area contributed by atoms with Crippen LogP contribution in [0, 0.1) is 0 Å². The molecule has 10 heteroatoms. The van der Waals surface area contributed by atoms with Gasteiger partial charge in [-0.05, 0) is 42.5 Å². The lowest BCUT2D eigenvalue weighted by Gasteiger charge is -2.26. The van der Waals surface area contributed by atoms with Crippen molar-refractivity contribution >= 4 is 34.0 Å². The smallest absolute Gasteiger partial charge is 0.282 e. The van der Waals surface area contributed by atoms with Crippen LogP contribution in [0.2, 0.25) is 0 Å². The number of fused-ring (bicyclic) bond motifs is 2. The van der Waals surface area contributed by atoms with E-state index in [1.165, 1.54) is 10.9 Å². The van der Waals surface area contributed by atoms with Crippen LogP contribution in [0.15, 0.2) is 87.1 Å². The highest BCUT2D eigenvalue weighted by atomic mass is 16.5. The first-order valence-corrected chi connectivity index (χ1v) is 12.8. The summed E-state index contributed by atoms with van der Waals surface area (Å²) in [5, 5.41) is 5.69.